The van der Waals surface area contributed by atoms with Crippen molar-refractivity contribution in [3.8, 4) is 0 Å². The van der Waals surface area contributed by atoms with Crippen molar-refractivity contribution in [3.63, 3.8) is 0 Å². The van der Waals surface area contributed by atoms with E-state index in [2.05, 4.69) is 0 Å². The first-order valence-electron chi connectivity index (χ1n) is 11.0. The second-order valence-corrected chi connectivity index (χ2v) is 10.6. The molecule has 2 amide bonds. The summed E-state index contributed by atoms with van der Waals surface area (Å²) in [5.41, 5.74) is 0.469. The van der Waals surface area contributed by atoms with Crippen molar-refractivity contribution in [2.45, 2.75) is 37.5 Å². The molecule has 8 nitrogen and oxygen atoms in total. The van der Waals surface area contributed by atoms with E-state index in [9.17, 15) is 22.8 Å². The summed E-state index contributed by atoms with van der Waals surface area (Å²) in [5.74, 6) is 0.0578. The van der Waals surface area contributed by atoms with Gasteiger partial charge >= 0.3 is 0 Å². The van der Waals surface area contributed by atoms with Gasteiger partial charge in [0, 0.05) is 50.7 Å². The summed E-state index contributed by atoms with van der Waals surface area (Å²) in [7, 11) is -3.67. The van der Waals surface area contributed by atoms with Crippen molar-refractivity contribution in [2.24, 2.45) is 11.8 Å². The Balaban J connectivity index is 1.34. The number of piperazine rings is 1. The van der Waals surface area contributed by atoms with E-state index in [-0.39, 0.29) is 47.4 Å². The van der Waals surface area contributed by atoms with Gasteiger partial charge in [0.1, 0.15) is 0 Å². The lowest BCUT2D eigenvalue weighted by molar-refractivity contribution is -0.142. The molecule has 1 atom stereocenters. The number of hydrogen-bond acceptors (Lipinski definition) is 5. The maximum Gasteiger partial charge on any atom is 0.243 e. The van der Waals surface area contributed by atoms with Crippen LogP contribution in [-0.2, 0) is 19.6 Å². The summed E-state index contributed by atoms with van der Waals surface area (Å²) in [6.45, 7) is 3.81. The molecule has 31 heavy (non-hydrogen) atoms. The number of carbonyl (C=O) groups excluding carboxylic acids is 3. The summed E-state index contributed by atoms with van der Waals surface area (Å²) in [5, 5.41) is 0. The summed E-state index contributed by atoms with van der Waals surface area (Å²) < 4.78 is 27.2. The molecule has 3 fully saturated rings. The summed E-state index contributed by atoms with van der Waals surface area (Å²) in [6.07, 6.45) is 3.53. The number of nitrogens with zero attached hydrogens (tertiary/aromatic N) is 3. The molecule has 1 unspecified atom stereocenters. The average Bonchev–Trinajstić information content (AvgIpc) is 3.64. The first-order chi connectivity index (χ1) is 14.8. The third-order valence-corrected chi connectivity index (χ3v) is 8.37. The van der Waals surface area contributed by atoms with Crippen molar-refractivity contribution in [2.75, 3.05) is 39.3 Å². The van der Waals surface area contributed by atoms with Crippen LogP contribution in [0.5, 0.6) is 0 Å². The third-order valence-electron chi connectivity index (χ3n) is 6.46. The third kappa shape index (κ3) is 4.67. The van der Waals surface area contributed by atoms with Crippen molar-refractivity contribution < 1.29 is 22.8 Å². The number of amides is 2. The Kier molecular flexibility index (Phi) is 6.16. The number of benzene rings is 1. The van der Waals surface area contributed by atoms with Gasteiger partial charge in [0.25, 0.3) is 0 Å². The number of sulfonamides is 1. The van der Waals surface area contributed by atoms with Gasteiger partial charge in [0.2, 0.25) is 21.8 Å². The van der Waals surface area contributed by atoms with E-state index in [1.165, 1.54) is 35.5 Å². The van der Waals surface area contributed by atoms with Crippen molar-refractivity contribution in [3.05, 3.63) is 29.8 Å². The first kappa shape index (κ1) is 22.0. The molecule has 2 heterocycles. The molecular weight excluding hydrogens is 418 g/mol. The monoisotopic (exact) mass is 447 g/mol. The highest BCUT2D eigenvalue weighted by Gasteiger charge is 2.38. The molecule has 0 radical (unpaired) electrons. The zero-order chi connectivity index (χ0) is 22.2. The van der Waals surface area contributed by atoms with Crippen LogP contribution >= 0.6 is 0 Å². The molecule has 0 spiro atoms. The highest BCUT2D eigenvalue weighted by atomic mass is 32.2. The second kappa shape index (κ2) is 8.70. The topological polar surface area (TPSA) is 95.1 Å². The minimum absolute atomic E-state index is 0.0242. The lowest BCUT2D eigenvalue weighted by Crippen LogP contribution is -2.54. The smallest absolute Gasteiger partial charge is 0.243 e. The van der Waals surface area contributed by atoms with Crippen LogP contribution in [0.2, 0.25) is 0 Å². The predicted octanol–water partition coefficient (Wildman–Crippen LogP) is 1.37. The normalized spacial score (nSPS) is 22.9. The fourth-order valence-electron chi connectivity index (χ4n) is 4.39. The van der Waals surface area contributed by atoms with Crippen LogP contribution in [0.4, 0.5) is 0 Å². The largest absolute Gasteiger partial charge is 0.342 e. The summed E-state index contributed by atoms with van der Waals surface area (Å²) >= 11 is 0. The zero-order valence-electron chi connectivity index (χ0n) is 17.8. The number of likely N-dealkylation sites (tertiary alicyclic amines) is 1. The molecule has 0 aromatic heterocycles. The van der Waals surface area contributed by atoms with Crippen LogP contribution in [0.3, 0.4) is 0 Å². The lowest BCUT2D eigenvalue weighted by atomic mass is 9.96. The molecule has 3 aliphatic rings. The van der Waals surface area contributed by atoms with Crippen LogP contribution in [0, 0.1) is 11.8 Å². The summed E-state index contributed by atoms with van der Waals surface area (Å²) in [4.78, 5) is 40.5. The van der Waals surface area contributed by atoms with Gasteiger partial charge in [-0.2, -0.15) is 4.31 Å². The van der Waals surface area contributed by atoms with Crippen LogP contribution in [0.25, 0.3) is 0 Å². The zero-order valence-corrected chi connectivity index (χ0v) is 18.6. The van der Waals surface area contributed by atoms with Gasteiger partial charge in [0.15, 0.2) is 5.78 Å². The second-order valence-electron chi connectivity index (χ2n) is 8.71. The van der Waals surface area contributed by atoms with Gasteiger partial charge < -0.3 is 9.80 Å². The predicted molar refractivity (Wildman–Crippen MR) is 114 cm³/mol. The Morgan fingerprint density at radius 2 is 1.42 bits per heavy atom. The average molecular weight is 448 g/mol. The number of ketones is 1. The molecule has 0 bridgehead atoms. The van der Waals surface area contributed by atoms with E-state index < -0.39 is 10.0 Å². The molecule has 1 aromatic rings. The molecule has 1 saturated carbocycles. The molecule has 0 N–H and O–H groups in total. The van der Waals surface area contributed by atoms with E-state index in [1.807, 2.05) is 4.90 Å². The molecule has 1 aromatic carbocycles. The highest BCUT2D eigenvalue weighted by Crippen LogP contribution is 2.33. The minimum Gasteiger partial charge on any atom is -0.342 e. The number of carbonyl (C=O) groups is 3. The van der Waals surface area contributed by atoms with Crippen molar-refractivity contribution in [1.29, 1.82) is 0 Å². The number of rotatable bonds is 5. The van der Waals surface area contributed by atoms with Gasteiger partial charge in [-0.25, -0.2) is 8.42 Å². The Morgan fingerprint density at radius 1 is 0.806 bits per heavy atom. The Morgan fingerprint density at radius 3 is 2.00 bits per heavy atom. The van der Waals surface area contributed by atoms with Crippen LogP contribution in [-0.4, -0.2) is 79.4 Å². The molecule has 2 saturated heterocycles. The molecule has 168 valence electrons. The molecule has 9 heteroatoms. The van der Waals surface area contributed by atoms with Gasteiger partial charge in [-0.15, -0.1) is 0 Å². The van der Waals surface area contributed by atoms with E-state index in [4.69, 9.17) is 0 Å². The maximum absolute atomic E-state index is 13.0. The Bertz CT molecular complexity index is 963. The highest BCUT2D eigenvalue weighted by molar-refractivity contribution is 7.89. The SMILES string of the molecule is CC(=O)c1ccc(S(=O)(=O)N2CCN(C(=O)C3CCCN(C(=O)C4CC4)C3)CC2)cc1. The van der Waals surface area contributed by atoms with Crippen molar-refractivity contribution in [1.82, 2.24) is 14.1 Å². The molecular formula is C22H29N3O5S. The van der Waals surface area contributed by atoms with E-state index in [0.29, 0.717) is 25.2 Å². The maximum atomic E-state index is 13.0. The van der Waals surface area contributed by atoms with Crippen LogP contribution < -0.4 is 0 Å². The number of hydrogen-bond donors (Lipinski definition) is 0. The standard InChI is InChI=1S/C22H29N3O5S/c1-16(26)17-6-8-20(9-7-17)31(29,30)25-13-11-23(12-14-25)22(28)19-3-2-10-24(15-19)21(27)18-4-5-18/h6-9,18-19H,2-5,10-15H2,1H3. The molecule has 1 aliphatic carbocycles. The van der Waals surface area contributed by atoms with Crippen LogP contribution in [0.1, 0.15) is 43.0 Å². The number of Topliss-reactive ketones (excluding diaryl/α,β-unsaturated/α-hetero) is 1. The summed E-state index contributed by atoms with van der Waals surface area (Å²) in [6, 6.07) is 5.95. The van der Waals surface area contributed by atoms with E-state index >= 15 is 0 Å². The fraction of sp³-hybridized carbons (Fsp3) is 0.591. The minimum atomic E-state index is -3.67. The van der Waals surface area contributed by atoms with Crippen LogP contribution in [0.15, 0.2) is 29.2 Å². The van der Waals surface area contributed by atoms with Gasteiger partial charge in [-0.05, 0) is 44.7 Å². The quantitative estimate of drug-likeness (QED) is 0.636. The van der Waals surface area contributed by atoms with Crippen molar-refractivity contribution >= 4 is 27.6 Å². The first-order valence-corrected chi connectivity index (χ1v) is 12.4. The van der Waals surface area contributed by atoms with Gasteiger partial charge in [-0.3, -0.25) is 14.4 Å². The number of piperidine rings is 1. The van der Waals surface area contributed by atoms with E-state index in [1.54, 1.807) is 4.90 Å². The molecule has 4 rings (SSSR count). The van der Waals surface area contributed by atoms with Gasteiger partial charge in [0.05, 0.1) is 10.8 Å². The van der Waals surface area contributed by atoms with Gasteiger partial charge in [-0.1, -0.05) is 12.1 Å². The fourth-order valence-corrected chi connectivity index (χ4v) is 5.81. The molecule has 2 aliphatic heterocycles. The Hall–Kier alpha value is -2.26. The lowest BCUT2D eigenvalue weighted by Gasteiger charge is -2.38. The Labute approximate surface area is 183 Å². The van der Waals surface area contributed by atoms with E-state index in [0.717, 1.165) is 32.2 Å².